The van der Waals surface area contributed by atoms with E-state index >= 15 is 0 Å². The summed E-state index contributed by atoms with van der Waals surface area (Å²) in [5, 5.41) is 6.21. The van der Waals surface area contributed by atoms with Gasteiger partial charge in [0.05, 0.1) is 0 Å². The third-order valence-electron chi connectivity index (χ3n) is 4.35. The lowest BCUT2D eigenvalue weighted by atomic mass is 10.3. The fraction of sp³-hybridized carbons (Fsp3) is 0.0455. The summed E-state index contributed by atoms with van der Waals surface area (Å²) >= 11 is 0. The minimum atomic E-state index is -4.22. The molecule has 0 fully saturated rings. The zero-order valence-corrected chi connectivity index (χ0v) is 18.1. The fourth-order valence-electron chi connectivity index (χ4n) is 2.94. The number of hydrogen-bond donors (Lipinski definition) is 3. The first-order chi connectivity index (χ1) is 15.8. The SMILES string of the molecule is Cc1nc(Nc2ccc(NS(=O)(=O)c3ccc(F)cc3F)cc2)cc(Nc2ccccn2)n1. The van der Waals surface area contributed by atoms with Gasteiger partial charge in [0, 0.05) is 29.7 Å². The van der Waals surface area contributed by atoms with E-state index in [1.165, 1.54) is 12.1 Å². The van der Waals surface area contributed by atoms with Crippen LogP contribution in [-0.2, 0) is 10.0 Å². The van der Waals surface area contributed by atoms with E-state index in [-0.39, 0.29) is 5.69 Å². The number of pyridine rings is 1. The molecule has 0 aliphatic carbocycles. The smallest absolute Gasteiger partial charge is 0.264 e. The van der Waals surface area contributed by atoms with Crippen LogP contribution in [0.25, 0.3) is 0 Å². The molecular formula is C22H18F2N6O2S. The zero-order valence-electron chi connectivity index (χ0n) is 17.3. The van der Waals surface area contributed by atoms with Crippen LogP contribution in [0.15, 0.2) is 77.8 Å². The average Bonchev–Trinajstić information content (AvgIpc) is 2.75. The minimum absolute atomic E-state index is 0.209. The molecule has 0 radical (unpaired) electrons. The van der Waals surface area contributed by atoms with Crippen molar-refractivity contribution in [3.8, 4) is 0 Å². The van der Waals surface area contributed by atoms with Gasteiger partial charge < -0.3 is 10.6 Å². The molecule has 168 valence electrons. The van der Waals surface area contributed by atoms with Gasteiger partial charge in [0.25, 0.3) is 10.0 Å². The van der Waals surface area contributed by atoms with Crippen molar-refractivity contribution in [3.63, 3.8) is 0 Å². The Morgan fingerprint density at radius 1 is 0.788 bits per heavy atom. The van der Waals surface area contributed by atoms with E-state index in [9.17, 15) is 17.2 Å². The highest BCUT2D eigenvalue weighted by Crippen LogP contribution is 2.23. The van der Waals surface area contributed by atoms with Crippen molar-refractivity contribution in [2.24, 2.45) is 0 Å². The number of nitrogens with zero attached hydrogens (tertiary/aromatic N) is 3. The second-order valence-electron chi connectivity index (χ2n) is 6.91. The molecule has 0 aliphatic heterocycles. The van der Waals surface area contributed by atoms with E-state index in [4.69, 9.17) is 0 Å². The summed E-state index contributed by atoms with van der Waals surface area (Å²) in [6.07, 6.45) is 1.66. The van der Waals surface area contributed by atoms with Gasteiger partial charge in [-0.05, 0) is 55.5 Å². The Morgan fingerprint density at radius 3 is 2.15 bits per heavy atom. The summed E-state index contributed by atoms with van der Waals surface area (Å²) in [5.74, 6) is 0.201. The van der Waals surface area contributed by atoms with Gasteiger partial charge in [0.15, 0.2) is 0 Å². The summed E-state index contributed by atoms with van der Waals surface area (Å²) in [4.78, 5) is 12.2. The summed E-state index contributed by atoms with van der Waals surface area (Å²) in [6, 6.07) is 15.7. The van der Waals surface area contributed by atoms with Gasteiger partial charge in [-0.25, -0.2) is 32.2 Å². The molecule has 4 aromatic rings. The second-order valence-corrected chi connectivity index (χ2v) is 8.56. The van der Waals surface area contributed by atoms with Crippen molar-refractivity contribution in [1.29, 1.82) is 0 Å². The van der Waals surface area contributed by atoms with E-state index in [1.54, 1.807) is 31.3 Å². The number of anilines is 5. The molecule has 0 aliphatic rings. The first-order valence-electron chi connectivity index (χ1n) is 9.67. The predicted octanol–water partition coefficient (Wildman–Crippen LogP) is 4.75. The highest BCUT2D eigenvalue weighted by molar-refractivity contribution is 7.92. The molecule has 2 aromatic carbocycles. The lowest BCUT2D eigenvalue weighted by Gasteiger charge is -2.12. The van der Waals surface area contributed by atoms with Gasteiger partial charge in [-0.2, -0.15) is 0 Å². The quantitative estimate of drug-likeness (QED) is 0.359. The molecule has 3 N–H and O–H groups in total. The van der Waals surface area contributed by atoms with E-state index in [0.717, 1.165) is 12.1 Å². The molecule has 2 heterocycles. The Bertz CT molecular complexity index is 1380. The Labute approximate surface area is 188 Å². The lowest BCUT2D eigenvalue weighted by molar-refractivity contribution is 0.551. The lowest BCUT2D eigenvalue weighted by Crippen LogP contribution is -2.14. The Morgan fingerprint density at radius 2 is 1.48 bits per heavy atom. The first kappa shape index (κ1) is 22.1. The number of rotatable bonds is 7. The maximum atomic E-state index is 13.9. The largest absolute Gasteiger partial charge is 0.340 e. The molecule has 4 rings (SSSR count). The van der Waals surface area contributed by atoms with Crippen molar-refractivity contribution < 1.29 is 17.2 Å². The number of benzene rings is 2. The van der Waals surface area contributed by atoms with Crippen molar-refractivity contribution in [2.75, 3.05) is 15.4 Å². The molecule has 0 unspecified atom stereocenters. The maximum Gasteiger partial charge on any atom is 0.264 e. The molecule has 0 spiro atoms. The topological polar surface area (TPSA) is 109 Å². The Hall–Kier alpha value is -4.12. The number of nitrogens with one attached hydrogen (secondary N) is 3. The van der Waals surface area contributed by atoms with Crippen LogP contribution in [0.1, 0.15) is 5.82 Å². The van der Waals surface area contributed by atoms with Gasteiger partial charge >= 0.3 is 0 Å². The van der Waals surface area contributed by atoms with Gasteiger partial charge in [0.2, 0.25) is 0 Å². The van der Waals surface area contributed by atoms with Crippen molar-refractivity contribution in [1.82, 2.24) is 15.0 Å². The van der Waals surface area contributed by atoms with Crippen LogP contribution in [0, 0.1) is 18.6 Å². The number of hydrogen-bond acceptors (Lipinski definition) is 7. The highest BCUT2D eigenvalue weighted by atomic mass is 32.2. The molecule has 0 bridgehead atoms. The molecule has 2 aromatic heterocycles. The van der Waals surface area contributed by atoms with Crippen molar-refractivity contribution >= 4 is 38.9 Å². The second kappa shape index (κ2) is 9.17. The summed E-state index contributed by atoms with van der Waals surface area (Å²) in [6.45, 7) is 1.75. The van der Waals surface area contributed by atoms with Crippen LogP contribution in [0.5, 0.6) is 0 Å². The predicted molar refractivity (Wildman–Crippen MR) is 121 cm³/mol. The van der Waals surface area contributed by atoms with Crippen LogP contribution < -0.4 is 15.4 Å². The van der Waals surface area contributed by atoms with Gasteiger partial charge in [0.1, 0.15) is 39.8 Å². The number of sulfonamides is 1. The maximum absolute atomic E-state index is 13.9. The number of halogens is 2. The van der Waals surface area contributed by atoms with Gasteiger partial charge in [-0.3, -0.25) is 4.72 Å². The van der Waals surface area contributed by atoms with Crippen LogP contribution >= 0.6 is 0 Å². The van der Waals surface area contributed by atoms with Crippen molar-refractivity contribution in [2.45, 2.75) is 11.8 Å². The van der Waals surface area contributed by atoms with E-state index in [2.05, 4.69) is 30.3 Å². The molecule has 11 heteroatoms. The molecule has 0 saturated carbocycles. The highest BCUT2D eigenvalue weighted by Gasteiger charge is 2.19. The third-order valence-corrected chi connectivity index (χ3v) is 5.77. The zero-order chi connectivity index (χ0) is 23.4. The molecule has 8 nitrogen and oxygen atoms in total. The normalized spacial score (nSPS) is 11.1. The van der Waals surface area contributed by atoms with Crippen LogP contribution in [0.3, 0.4) is 0 Å². The van der Waals surface area contributed by atoms with Gasteiger partial charge in [-0.15, -0.1) is 0 Å². The van der Waals surface area contributed by atoms with E-state index in [1.807, 2.05) is 18.2 Å². The first-order valence-corrected chi connectivity index (χ1v) is 11.2. The average molecular weight is 468 g/mol. The van der Waals surface area contributed by atoms with E-state index < -0.39 is 26.6 Å². The summed E-state index contributed by atoms with van der Waals surface area (Å²) in [5.41, 5.74) is 0.841. The van der Waals surface area contributed by atoms with Crippen LogP contribution in [0.4, 0.5) is 37.6 Å². The van der Waals surface area contributed by atoms with Crippen molar-refractivity contribution in [3.05, 3.63) is 90.4 Å². The number of aromatic nitrogens is 3. The standard InChI is InChI=1S/C22H18F2N6O2S/c1-14-26-21(13-22(27-14)29-20-4-2-3-11-25-20)28-16-6-8-17(9-7-16)30-33(31,32)19-10-5-15(23)12-18(19)24/h2-13,30H,1H3,(H2,25,26,27,28,29). The summed E-state index contributed by atoms with van der Waals surface area (Å²) in [7, 11) is -4.22. The van der Waals surface area contributed by atoms with Gasteiger partial charge in [-0.1, -0.05) is 6.07 Å². The van der Waals surface area contributed by atoms with Crippen LogP contribution in [0.2, 0.25) is 0 Å². The fourth-order valence-corrected chi connectivity index (χ4v) is 4.06. The van der Waals surface area contributed by atoms with Crippen LogP contribution in [-0.4, -0.2) is 23.4 Å². The molecular weight excluding hydrogens is 450 g/mol. The molecule has 33 heavy (non-hydrogen) atoms. The Kier molecular flexibility index (Phi) is 6.13. The molecule has 0 atom stereocenters. The Balaban J connectivity index is 1.48. The molecule has 0 saturated heterocycles. The molecule has 0 amide bonds. The minimum Gasteiger partial charge on any atom is -0.340 e. The third kappa shape index (κ3) is 5.57. The van der Waals surface area contributed by atoms with E-state index in [0.29, 0.717) is 35.0 Å². The summed E-state index contributed by atoms with van der Waals surface area (Å²) < 4.78 is 54.0. The number of aryl methyl sites for hydroxylation is 1. The monoisotopic (exact) mass is 468 g/mol.